The topological polar surface area (TPSA) is 65.6 Å². The smallest absolute Gasteiger partial charge is 0.137 e. The lowest BCUT2D eigenvalue weighted by molar-refractivity contribution is -0.305. The summed E-state index contributed by atoms with van der Waals surface area (Å²) in [5.74, 6) is -0.460. The van der Waals surface area contributed by atoms with E-state index in [0.717, 1.165) is 22.1 Å². The highest BCUT2D eigenvalue weighted by molar-refractivity contribution is 6.30. The summed E-state index contributed by atoms with van der Waals surface area (Å²) in [4.78, 5) is 15.1. The van der Waals surface area contributed by atoms with Crippen molar-refractivity contribution in [1.29, 1.82) is 0 Å². The van der Waals surface area contributed by atoms with E-state index in [9.17, 15) is 9.90 Å². The summed E-state index contributed by atoms with van der Waals surface area (Å²) < 4.78 is 6.06. The Morgan fingerprint density at radius 2 is 1.80 bits per heavy atom. The molecule has 0 saturated heterocycles. The fourth-order valence-corrected chi connectivity index (χ4v) is 2.71. The van der Waals surface area contributed by atoms with Crippen LogP contribution in [-0.2, 0) is 4.79 Å². The molecule has 1 aromatic heterocycles. The van der Waals surface area contributed by atoms with Crippen molar-refractivity contribution in [1.82, 2.24) is 0 Å². The van der Waals surface area contributed by atoms with E-state index in [4.69, 9.17) is 16.0 Å². The van der Waals surface area contributed by atoms with Crippen LogP contribution in [0, 0.1) is 13.8 Å². The number of carbonyl (C=O) groups is 1. The maximum Gasteiger partial charge on any atom is 0.137 e. The third-order valence-corrected chi connectivity index (χ3v) is 4.34. The van der Waals surface area contributed by atoms with Gasteiger partial charge in [0, 0.05) is 41.0 Å². The molecule has 0 bridgehead atoms. The Bertz CT molecular complexity index is 1000. The molecule has 3 aromatic rings. The van der Waals surface area contributed by atoms with E-state index >= 15 is 0 Å². The van der Waals surface area contributed by atoms with Crippen molar-refractivity contribution in [2.24, 2.45) is 4.99 Å². The Morgan fingerprint density at radius 1 is 1.12 bits per heavy atom. The highest BCUT2D eigenvalue weighted by atomic mass is 35.5. The summed E-state index contributed by atoms with van der Waals surface area (Å²) in [5, 5.41) is 12.9. The predicted molar refractivity (Wildman–Crippen MR) is 96.2 cm³/mol. The maximum absolute atomic E-state index is 10.7. The van der Waals surface area contributed by atoms with Crippen molar-refractivity contribution >= 4 is 28.5 Å². The molecular formula is C20H17ClNO3-. The quantitative estimate of drug-likeness (QED) is 0.721. The molecule has 0 spiro atoms. The minimum Gasteiger partial charge on any atom is -0.550 e. The Morgan fingerprint density at radius 3 is 2.48 bits per heavy atom. The molecule has 0 aliphatic rings. The molecule has 0 saturated carbocycles. The number of benzene rings is 2. The number of hydrogen-bond acceptors (Lipinski definition) is 4. The van der Waals surface area contributed by atoms with Gasteiger partial charge in [-0.2, -0.15) is 0 Å². The van der Waals surface area contributed by atoms with Crippen LogP contribution in [0.5, 0.6) is 0 Å². The van der Waals surface area contributed by atoms with Gasteiger partial charge >= 0.3 is 0 Å². The number of aryl methyl sites for hydroxylation is 2. The first-order valence-corrected chi connectivity index (χ1v) is 8.33. The third-order valence-electron chi connectivity index (χ3n) is 4.09. The van der Waals surface area contributed by atoms with Crippen molar-refractivity contribution in [3.05, 3.63) is 64.0 Å². The van der Waals surface area contributed by atoms with Crippen LogP contribution in [0.1, 0.15) is 17.5 Å². The van der Waals surface area contributed by atoms with Crippen molar-refractivity contribution < 1.29 is 14.3 Å². The Kier molecular flexibility index (Phi) is 4.91. The van der Waals surface area contributed by atoms with Gasteiger partial charge in [0.15, 0.2) is 0 Å². The van der Waals surface area contributed by atoms with E-state index in [2.05, 4.69) is 4.99 Å². The number of carboxylic acid groups (broad SMARTS) is 1. The Labute approximate surface area is 150 Å². The van der Waals surface area contributed by atoms with Gasteiger partial charge in [-0.3, -0.25) is 4.99 Å². The fourth-order valence-electron chi connectivity index (χ4n) is 2.58. The zero-order chi connectivity index (χ0) is 18.0. The lowest BCUT2D eigenvalue weighted by Gasteiger charge is -2.08. The molecule has 0 fully saturated rings. The van der Waals surface area contributed by atoms with E-state index < -0.39 is 5.97 Å². The molecule has 0 radical (unpaired) electrons. The summed E-state index contributed by atoms with van der Waals surface area (Å²) >= 11 is 5.95. The fraction of sp³-hybridized carbons (Fsp3) is 0.200. The molecule has 0 aliphatic heterocycles. The largest absolute Gasteiger partial charge is 0.550 e. The van der Waals surface area contributed by atoms with Crippen LogP contribution < -0.4 is 10.5 Å². The lowest BCUT2D eigenvalue weighted by atomic mass is 10.1. The minimum atomic E-state index is -1.11. The molecule has 0 amide bonds. The van der Waals surface area contributed by atoms with Crippen LogP contribution in [0.4, 0.5) is 0 Å². The first-order chi connectivity index (χ1) is 11.9. The van der Waals surface area contributed by atoms with E-state index in [1.165, 1.54) is 0 Å². The molecule has 2 aromatic carbocycles. The van der Waals surface area contributed by atoms with Crippen LogP contribution in [-0.4, -0.2) is 12.5 Å². The molecular weight excluding hydrogens is 338 g/mol. The zero-order valence-corrected chi connectivity index (χ0v) is 14.8. The molecule has 0 aliphatic carbocycles. The summed E-state index contributed by atoms with van der Waals surface area (Å²) in [6, 6.07) is 13.2. The van der Waals surface area contributed by atoms with Gasteiger partial charge in [-0.05, 0) is 61.4 Å². The van der Waals surface area contributed by atoms with Crippen LogP contribution in [0.3, 0.4) is 0 Å². The standard InChI is InChI=1S/C20H18ClNO3/c1-12-9-16-17(22-8-7-20(23)24)11-18(25-19(16)10-13(12)2)14-3-5-15(21)6-4-14/h3-6,9-11H,7-8H2,1-2H3,(H,23,24)/p-1. The van der Waals surface area contributed by atoms with Crippen LogP contribution in [0.25, 0.3) is 22.3 Å². The van der Waals surface area contributed by atoms with Gasteiger partial charge < -0.3 is 14.3 Å². The average molecular weight is 355 g/mol. The summed E-state index contributed by atoms with van der Waals surface area (Å²) in [6.07, 6.45) is -0.116. The number of hydrogen-bond donors (Lipinski definition) is 0. The number of halogens is 1. The average Bonchev–Trinajstić information content (AvgIpc) is 2.56. The third kappa shape index (κ3) is 3.91. The van der Waals surface area contributed by atoms with Gasteiger partial charge in [0.2, 0.25) is 0 Å². The normalized spacial score (nSPS) is 11.9. The van der Waals surface area contributed by atoms with Crippen molar-refractivity contribution in [2.45, 2.75) is 20.3 Å². The molecule has 5 heteroatoms. The van der Waals surface area contributed by atoms with Crippen LogP contribution >= 0.6 is 11.6 Å². The van der Waals surface area contributed by atoms with Crippen molar-refractivity contribution in [3.8, 4) is 11.3 Å². The van der Waals surface area contributed by atoms with E-state index in [-0.39, 0.29) is 13.0 Å². The maximum atomic E-state index is 10.7. The number of nitrogens with zero attached hydrogens (tertiary/aromatic N) is 1. The summed E-state index contributed by atoms with van der Waals surface area (Å²) in [6.45, 7) is 4.20. The SMILES string of the molecule is Cc1cc2oc(-c3ccc(Cl)cc3)cc(=NCCC(=O)[O-])c2cc1C. The van der Waals surface area contributed by atoms with Gasteiger partial charge in [0.05, 0.1) is 5.36 Å². The van der Waals surface area contributed by atoms with E-state index in [1.54, 1.807) is 12.1 Å². The predicted octanol–water partition coefficient (Wildman–Crippen LogP) is 3.41. The zero-order valence-electron chi connectivity index (χ0n) is 14.0. The summed E-state index contributed by atoms with van der Waals surface area (Å²) in [5.41, 5.74) is 3.83. The molecule has 4 nitrogen and oxygen atoms in total. The van der Waals surface area contributed by atoms with Gasteiger partial charge in [-0.1, -0.05) is 11.6 Å². The number of fused-ring (bicyclic) bond motifs is 1. The van der Waals surface area contributed by atoms with Crippen molar-refractivity contribution in [2.75, 3.05) is 6.54 Å². The monoisotopic (exact) mass is 354 g/mol. The number of aliphatic carboxylic acids is 1. The molecule has 128 valence electrons. The molecule has 0 unspecified atom stereocenters. The van der Waals surface area contributed by atoms with E-state index in [0.29, 0.717) is 21.7 Å². The second kappa shape index (κ2) is 7.11. The highest BCUT2D eigenvalue weighted by Crippen LogP contribution is 2.25. The minimum absolute atomic E-state index is 0.116. The number of rotatable bonds is 4. The van der Waals surface area contributed by atoms with E-state index in [1.807, 2.05) is 44.2 Å². The highest BCUT2D eigenvalue weighted by Gasteiger charge is 2.08. The van der Waals surface area contributed by atoms with Gasteiger partial charge in [-0.25, -0.2) is 0 Å². The Balaban J connectivity index is 2.20. The molecule has 3 rings (SSSR count). The Hall–Kier alpha value is -2.59. The van der Waals surface area contributed by atoms with Gasteiger partial charge in [0.1, 0.15) is 11.3 Å². The van der Waals surface area contributed by atoms with Gasteiger partial charge in [-0.15, -0.1) is 0 Å². The molecule has 1 heterocycles. The number of carboxylic acids is 1. The lowest BCUT2D eigenvalue weighted by Crippen LogP contribution is -2.23. The van der Waals surface area contributed by atoms with Crippen LogP contribution in [0.15, 0.2) is 51.9 Å². The molecule has 0 N–H and O–H groups in total. The molecule has 25 heavy (non-hydrogen) atoms. The first kappa shape index (κ1) is 17.2. The summed E-state index contributed by atoms with van der Waals surface area (Å²) in [7, 11) is 0. The second-order valence-electron chi connectivity index (χ2n) is 5.94. The van der Waals surface area contributed by atoms with Crippen LogP contribution in [0.2, 0.25) is 5.02 Å². The second-order valence-corrected chi connectivity index (χ2v) is 6.38. The van der Waals surface area contributed by atoms with Gasteiger partial charge in [0.25, 0.3) is 0 Å². The molecule has 0 atom stereocenters. The number of carbonyl (C=O) groups excluding carboxylic acids is 1. The first-order valence-electron chi connectivity index (χ1n) is 7.95. The van der Waals surface area contributed by atoms with Crippen molar-refractivity contribution in [3.63, 3.8) is 0 Å².